The first-order valence-corrected chi connectivity index (χ1v) is 13.4. The van der Waals surface area contributed by atoms with Gasteiger partial charge in [-0.25, -0.2) is 4.39 Å². The molecule has 1 aromatic carbocycles. The van der Waals surface area contributed by atoms with E-state index in [1.54, 1.807) is 11.5 Å². The number of halogens is 1. The summed E-state index contributed by atoms with van der Waals surface area (Å²) in [7, 11) is -0.682. The minimum atomic E-state index is -3.65. The van der Waals surface area contributed by atoms with Crippen molar-refractivity contribution in [3.05, 3.63) is 69.4 Å². The molecule has 1 N–H and O–H groups in total. The van der Waals surface area contributed by atoms with E-state index in [9.17, 15) is 17.6 Å². The molecule has 0 bridgehead atoms. The number of ether oxygens (including phenoxy) is 1. The number of rotatable bonds is 7. The Balaban J connectivity index is 1.47. The lowest BCUT2D eigenvalue weighted by Gasteiger charge is -2.37. The molecule has 9 heteroatoms. The number of pyridine rings is 1. The molecule has 0 amide bonds. The summed E-state index contributed by atoms with van der Waals surface area (Å²) in [4.78, 5) is 13.0. The number of hydrogen-bond donors (Lipinski definition) is 1. The minimum Gasteiger partial charge on any atom is -0.376 e. The maximum absolute atomic E-state index is 13.2. The third-order valence-corrected chi connectivity index (χ3v) is 8.76. The fourth-order valence-electron chi connectivity index (χ4n) is 5.09. The van der Waals surface area contributed by atoms with Gasteiger partial charge in [-0.2, -0.15) is 17.4 Å². The molecule has 1 aromatic heterocycles. The zero-order chi connectivity index (χ0) is 24.5. The van der Waals surface area contributed by atoms with Gasteiger partial charge in [-0.3, -0.25) is 4.79 Å². The lowest BCUT2D eigenvalue weighted by molar-refractivity contribution is -0.00177. The van der Waals surface area contributed by atoms with Crippen molar-refractivity contribution in [2.75, 3.05) is 20.7 Å². The van der Waals surface area contributed by atoms with Crippen molar-refractivity contribution in [3.8, 4) is 0 Å². The van der Waals surface area contributed by atoms with Crippen LogP contribution in [0, 0.1) is 12.7 Å². The van der Waals surface area contributed by atoms with Crippen LogP contribution in [0.1, 0.15) is 60.9 Å². The second kappa shape index (κ2) is 10.3. The molecule has 0 saturated heterocycles. The van der Waals surface area contributed by atoms with Gasteiger partial charge in [0.2, 0.25) is 0 Å². The van der Waals surface area contributed by atoms with Crippen LogP contribution in [-0.2, 0) is 21.4 Å². The number of aryl methyl sites for hydroxylation is 2. The summed E-state index contributed by atoms with van der Waals surface area (Å²) in [5.41, 5.74) is 2.59. The largest absolute Gasteiger partial charge is 0.376 e. The van der Waals surface area contributed by atoms with E-state index in [0.29, 0.717) is 24.3 Å². The molecule has 2 unspecified atom stereocenters. The molecule has 4 rings (SSSR count). The Labute approximate surface area is 201 Å². The van der Waals surface area contributed by atoms with Crippen molar-refractivity contribution < 1.29 is 17.5 Å². The van der Waals surface area contributed by atoms with E-state index >= 15 is 0 Å². The topological polar surface area (TPSA) is 80.6 Å². The van der Waals surface area contributed by atoms with Gasteiger partial charge in [0, 0.05) is 31.4 Å². The van der Waals surface area contributed by atoms with Gasteiger partial charge in [0.1, 0.15) is 5.82 Å². The predicted molar refractivity (Wildman–Crippen MR) is 130 cm³/mol. The Morgan fingerprint density at radius 2 is 1.74 bits per heavy atom. The van der Waals surface area contributed by atoms with Gasteiger partial charge in [0.15, 0.2) is 0 Å². The number of fused-ring (bicyclic) bond motifs is 1. The number of aromatic nitrogens is 1. The van der Waals surface area contributed by atoms with Gasteiger partial charge >= 0.3 is 0 Å². The molecule has 2 atom stereocenters. The monoisotopic (exact) mass is 491 g/mol. The smallest absolute Gasteiger partial charge is 0.279 e. The summed E-state index contributed by atoms with van der Waals surface area (Å²) < 4.78 is 50.4. The Morgan fingerprint density at radius 1 is 1.06 bits per heavy atom. The molecule has 2 aliphatic rings. The average molecular weight is 492 g/mol. The minimum absolute atomic E-state index is 0.0497. The highest BCUT2D eigenvalue weighted by atomic mass is 32.2. The Kier molecular flexibility index (Phi) is 7.57. The van der Waals surface area contributed by atoms with Gasteiger partial charge in [0.05, 0.1) is 18.8 Å². The quantitative estimate of drug-likeness (QED) is 0.645. The first kappa shape index (κ1) is 25.0. The summed E-state index contributed by atoms with van der Waals surface area (Å²) in [6.45, 7) is 2.04. The Morgan fingerprint density at radius 3 is 2.38 bits per heavy atom. The van der Waals surface area contributed by atoms with Gasteiger partial charge in [-0.1, -0.05) is 18.2 Å². The third-order valence-electron chi connectivity index (χ3n) is 7.20. The summed E-state index contributed by atoms with van der Waals surface area (Å²) in [6, 6.07) is 9.66. The number of benzene rings is 1. The zero-order valence-electron chi connectivity index (χ0n) is 20.0. The van der Waals surface area contributed by atoms with E-state index in [-0.39, 0.29) is 24.1 Å². The molecule has 0 spiro atoms. The van der Waals surface area contributed by atoms with E-state index in [1.807, 2.05) is 24.3 Å². The molecule has 1 aliphatic heterocycles. The van der Waals surface area contributed by atoms with Crippen LogP contribution in [-0.4, -0.2) is 50.1 Å². The van der Waals surface area contributed by atoms with E-state index in [1.165, 1.54) is 26.2 Å². The molecular weight excluding hydrogens is 457 g/mol. The van der Waals surface area contributed by atoms with Crippen molar-refractivity contribution in [2.24, 2.45) is 0 Å². The summed E-state index contributed by atoms with van der Waals surface area (Å²) in [5, 5.41) is 0. The Bertz CT molecular complexity index is 1160. The summed E-state index contributed by atoms with van der Waals surface area (Å²) >= 11 is 0. The molecule has 186 valence electrons. The molecule has 7 nitrogen and oxygen atoms in total. The van der Waals surface area contributed by atoms with Gasteiger partial charge in [-0.05, 0) is 75.1 Å². The average Bonchev–Trinajstić information content (AvgIpc) is 2.81. The van der Waals surface area contributed by atoms with Crippen LogP contribution < -0.4 is 10.3 Å². The molecule has 2 heterocycles. The highest BCUT2D eigenvalue weighted by Gasteiger charge is 2.35. The van der Waals surface area contributed by atoms with E-state index in [0.717, 1.165) is 41.2 Å². The lowest BCUT2D eigenvalue weighted by Crippen LogP contribution is -2.52. The van der Waals surface area contributed by atoms with Gasteiger partial charge < -0.3 is 9.30 Å². The summed E-state index contributed by atoms with van der Waals surface area (Å²) in [5.74, 6) is 0.166. The highest BCUT2D eigenvalue weighted by Crippen LogP contribution is 2.35. The van der Waals surface area contributed by atoms with E-state index < -0.39 is 22.3 Å². The van der Waals surface area contributed by atoms with E-state index in [4.69, 9.17) is 4.74 Å². The molecule has 2 aromatic rings. The fraction of sp³-hybridized carbons (Fsp3) is 0.560. The van der Waals surface area contributed by atoms with Crippen LogP contribution in [0.5, 0.6) is 0 Å². The van der Waals surface area contributed by atoms with Crippen LogP contribution in [0.4, 0.5) is 4.39 Å². The number of hydrogen-bond acceptors (Lipinski definition) is 4. The van der Waals surface area contributed by atoms with Crippen molar-refractivity contribution in [2.45, 2.75) is 69.6 Å². The maximum atomic E-state index is 13.2. The van der Waals surface area contributed by atoms with Crippen LogP contribution in [0.3, 0.4) is 0 Å². The van der Waals surface area contributed by atoms with Crippen molar-refractivity contribution in [3.63, 3.8) is 0 Å². The first-order valence-electron chi connectivity index (χ1n) is 11.9. The SMILES string of the molecule is Cc1ccc2n(c1=O)C(COC1CCC(c3ccc(F)cc3)CC1)C(NS(=O)(=O)N(C)C)CC2. The van der Waals surface area contributed by atoms with Crippen LogP contribution >= 0.6 is 0 Å². The van der Waals surface area contributed by atoms with Gasteiger partial charge in [-0.15, -0.1) is 0 Å². The molecule has 1 fully saturated rings. The normalized spacial score (nSPS) is 25.3. The number of nitrogens with one attached hydrogen (secondary N) is 1. The first-order chi connectivity index (χ1) is 16.2. The second-order valence-electron chi connectivity index (χ2n) is 9.66. The Hall–Kier alpha value is -2.07. The highest BCUT2D eigenvalue weighted by molar-refractivity contribution is 7.87. The predicted octanol–water partition coefficient (Wildman–Crippen LogP) is 3.29. The van der Waals surface area contributed by atoms with Crippen molar-refractivity contribution >= 4 is 10.2 Å². The number of nitrogens with zero attached hydrogens (tertiary/aromatic N) is 2. The molecular formula is C25H34FN3O4S. The molecule has 1 aliphatic carbocycles. The molecule has 1 saturated carbocycles. The summed E-state index contributed by atoms with van der Waals surface area (Å²) in [6.07, 6.45) is 4.92. The maximum Gasteiger partial charge on any atom is 0.279 e. The van der Waals surface area contributed by atoms with Crippen LogP contribution in [0.25, 0.3) is 0 Å². The second-order valence-corrected chi connectivity index (χ2v) is 11.6. The lowest BCUT2D eigenvalue weighted by atomic mass is 9.82. The van der Waals surface area contributed by atoms with Crippen molar-refractivity contribution in [1.29, 1.82) is 0 Å². The zero-order valence-corrected chi connectivity index (χ0v) is 20.9. The standard InChI is InChI=1S/C25H34FN3O4S/c1-17-4-11-21-12-15-23(27-34(31,32)28(2)3)24(29(21)25(17)30)16-33-22-13-7-19(8-14-22)18-5-9-20(26)10-6-18/h4-6,9-11,19,22-24,27H,7-8,12-16H2,1-3H3. The van der Waals surface area contributed by atoms with E-state index in [2.05, 4.69) is 4.72 Å². The van der Waals surface area contributed by atoms with Gasteiger partial charge in [0.25, 0.3) is 15.8 Å². The molecule has 0 radical (unpaired) electrons. The van der Waals surface area contributed by atoms with Crippen LogP contribution in [0.15, 0.2) is 41.2 Å². The fourth-order valence-corrected chi connectivity index (χ4v) is 5.96. The molecule has 34 heavy (non-hydrogen) atoms. The third kappa shape index (κ3) is 5.43. The van der Waals surface area contributed by atoms with Crippen LogP contribution in [0.2, 0.25) is 0 Å². The van der Waals surface area contributed by atoms with Crippen molar-refractivity contribution in [1.82, 2.24) is 13.6 Å².